The molecule has 0 aromatic heterocycles. The summed E-state index contributed by atoms with van der Waals surface area (Å²) in [6.45, 7) is 0. The maximum atomic E-state index is 11.3. The first kappa shape index (κ1) is 14.8. The molecule has 0 saturated carbocycles. The Bertz CT molecular complexity index is 413. The fourth-order valence-electron chi connectivity index (χ4n) is 0.990. The standard InChI is InChI=1S/C9H10O4S.Na.H/c10-9(6-7-14(11,12)13)8-4-2-1-3-5-8;;/h1-5H,6-7H2,(H,11,12,13);;. The molecule has 1 rings (SSSR count). The molecule has 6 heteroatoms. The van der Waals surface area contributed by atoms with E-state index in [4.69, 9.17) is 4.55 Å². The first-order valence-corrected chi connectivity index (χ1v) is 5.63. The third-order valence-corrected chi connectivity index (χ3v) is 2.40. The van der Waals surface area contributed by atoms with E-state index in [0.29, 0.717) is 5.56 Å². The Labute approximate surface area is 111 Å². The van der Waals surface area contributed by atoms with E-state index in [1.807, 2.05) is 0 Å². The van der Waals surface area contributed by atoms with E-state index < -0.39 is 15.9 Å². The van der Waals surface area contributed by atoms with Gasteiger partial charge < -0.3 is 0 Å². The van der Waals surface area contributed by atoms with Gasteiger partial charge in [-0.05, 0) is 0 Å². The summed E-state index contributed by atoms with van der Waals surface area (Å²) >= 11 is 0. The van der Waals surface area contributed by atoms with E-state index in [2.05, 4.69) is 0 Å². The minimum atomic E-state index is -4.05. The molecule has 0 bridgehead atoms. The van der Waals surface area contributed by atoms with Crippen LogP contribution in [0, 0.1) is 0 Å². The molecule has 0 amide bonds. The summed E-state index contributed by atoms with van der Waals surface area (Å²) in [5.41, 5.74) is 0.455. The Kier molecular flexibility index (Phi) is 6.31. The van der Waals surface area contributed by atoms with Gasteiger partial charge in [0, 0.05) is 12.0 Å². The van der Waals surface area contributed by atoms with Gasteiger partial charge in [0.2, 0.25) is 0 Å². The van der Waals surface area contributed by atoms with Gasteiger partial charge in [-0.15, -0.1) is 0 Å². The van der Waals surface area contributed by atoms with E-state index in [0.717, 1.165) is 0 Å². The maximum absolute atomic E-state index is 11.3. The zero-order chi connectivity index (χ0) is 10.6. The second-order valence-corrected chi connectivity index (χ2v) is 4.40. The topological polar surface area (TPSA) is 71.4 Å². The number of hydrogen-bond acceptors (Lipinski definition) is 3. The van der Waals surface area contributed by atoms with Crippen LogP contribution in [0.25, 0.3) is 0 Å². The third kappa shape index (κ3) is 6.06. The van der Waals surface area contributed by atoms with Gasteiger partial charge in [0.25, 0.3) is 10.1 Å². The van der Waals surface area contributed by atoms with Crippen molar-refractivity contribution in [3.8, 4) is 0 Å². The summed E-state index contributed by atoms with van der Waals surface area (Å²) in [5.74, 6) is -0.816. The number of hydrogen-bond donors (Lipinski definition) is 1. The van der Waals surface area contributed by atoms with Gasteiger partial charge in [-0.3, -0.25) is 9.35 Å². The van der Waals surface area contributed by atoms with E-state index >= 15 is 0 Å². The molecule has 0 unspecified atom stereocenters. The summed E-state index contributed by atoms with van der Waals surface area (Å²) in [6, 6.07) is 8.36. The fraction of sp³-hybridized carbons (Fsp3) is 0.222. The zero-order valence-electron chi connectivity index (χ0n) is 7.38. The summed E-state index contributed by atoms with van der Waals surface area (Å²) in [5, 5.41) is 0. The predicted octanol–water partition coefficient (Wildman–Crippen LogP) is 0.499. The Balaban J connectivity index is 0.00000196. The molecule has 1 aromatic carbocycles. The number of ketones is 1. The number of Topliss-reactive ketones (excluding diaryl/α,β-unsaturated/α-hetero) is 1. The molecule has 0 fully saturated rings. The van der Waals surface area contributed by atoms with Crippen LogP contribution < -0.4 is 0 Å². The van der Waals surface area contributed by atoms with Crippen LogP contribution in [0.5, 0.6) is 0 Å². The van der Waals surface area contributed by atoms with Gasteiger partial charge in [-0.2, -0.15) is 8.42 Å². The second-order valence-electron chi connectivity index (χ2n) is 2.83. The minimum absolute atomic E-state index is 0. The van der Waals surface area contributed by atoms with E-state index in [1.54, 1.807) is 30.3 Å². The molecular weight excluding hydrogens is 227 g/mol. The fourth-order valence-corrected chi connectivity index (χ4v) is 1.43. The van der Waals surface area contributed by atoms with Crippen molar-refractivity contribution in [3.63, 3.8) is 0 Å². The van der Waals surface area contributed by atoms with Crippen molar-refractivity contribution in [2.45, 2.75) is 6.42 Å². The molecule has 0 atom stereocenters. The van der Waals surface area contributed by atoms with Crippen molar-refractivity contribution in [2.75, 3.05) is 5.75 Å². The second kappa shape index (κ2) is 6.40. The molecule has 0 aliphatic rings. The van der Waals surface area contributed by atoms with Gasteiger partial charge in [-0.1, -0.05) is 30.3 Å². The SMILES string of the molecule is O=C(CCS(=O)(=O)O)c1ccccc1.[NaH]. The van der Waals surface area contributed by atoms with Crippen LogP contribution in [0.2, 0.25) is 0 Å². The molecule has 0 aliphatic carbocycles. The zero-order valence-corrected chi connectivity index (χ0v) is 8.20. The molecule has 1 aromatic rings. The molecular formula is C9H11NaO4S. The van der Waals surface area contributed by atoms with Crippen molar-refractivity contribution >= 4 is 45.5 Å². The summed E-state index contributed by atoms with van der Waals surface area (Å²) in [4.78, 5) is 11.3. The molecule has 78 valence electrons. The van der Waals surface area contributed by atoms with Gasteiger partial charge in [0.1, 0.15) is 0 Å². The van der Waals surface area contributed by atoms with Crippen LogP contribution in [-0.4, -0.2) is 54.1 Å². The van der Waals surface area contributed by atoms with Crippen molar-refractivity contribution in [1.29, 1.82) is 0 Å². The Morgan fingerprint density at radius 2 is 1.73 bits per heavy atom. The van der Waals surface area contributed by atoms with Crippen LogP contribution >= 0.6 is 0 Å². The van der Waals surface area contributed by atoms with Crippen molar-refractivity contribution in [3.05, 3.63) is 35.9 Å². The molecule has 1 N–H and O–H groups in total. The number of rotatable bonds is 4. The Morgan fingerprint density at radius 1 is 1.20 bits per heavy atom. The number of benzene rings is 1. The Morgan fingerprint density at radius 3 is 2.20 bits per heavy atom. The monoisotopic (exact) mass is 238 g/mol. The number of carbonyl (C=O) groups excluding carboxylic acids is 1. The third-order valence-electron chi connectivity index (χ3n) is 1.68. The summed E-state index contributed by atoms with van der Waals surface area (Å²) < 4.78 is 29.2. The van der Waals surface area contributed by atoms with E-state index in [9.17, 15) is 13.2 Å². The first-order valence-electron chi connectivity index (χ1n) is 4.02. The van der Waals surface area contributed by atoms with Gasteiger partial charge in [0.15, 0.2) is 5.78 Å². The number of carbonyl (C=O) groups is 1. The molecule has 0 aliphatic heterocycles. The van der Waals surface area contributed by atoms with Crippen molar-refractivity contribution < 1.29 is 17.8 Å². The molecule has 0 saturated heterocycles. The molecule has 4 nitrogen and oxygen atoms in total. The van der Waals surface area contributed by atoms with Crippen LogP contribution in [-0.2, 0) is 10.1 Å². The quantitative estimate of drug-likeness (QED) is 0.471. The van der Waals surface area contributed by atoms with Gasteiger partial charge in [0.05, 0.1) is 5.75 Å². The van der Waals surface area contributed by atoms with Crippen LogP contribution in [0.1, 0.15) is 16.8 Å². The van der Waals surface area contributed by atoms with Crippen LogP contribution in [0.4, 0.5) is 0 Å². The van der Waals surface area contributed by atoms with Gasteiger partial charge in [-0.25, -0.2) is 0 Å². The van der Waals surface area contributed by atoms with Gasteiger partial charge >= 0.3 is 29.6 Å². The molecule has 15 heavy (non-hydrogen) atoms. The summed E-state index contributed by atoms with van der Waals surface area (Å²) in [6.07, 6.45) is -0.192. The Hall–Kier alpha value is -0.200. The normalized spacial score (nSPS) is 10.5. The average Bonchev–Trinajstić information content (AvgIpc) is 2.14. The predicted molar refractivity (Wildman–Crippen MR) is 59.0 cm³/mol. The van der Waals surface area contributed by atoms with E-state index in [1.165, 1.54) is 0 Å². The molecule has 0 heterocycles. The van der Waals surface area contributed by atoms with Crippen LogP contribution in [0.3, 0.4) is 0 Å². The summed E-state index contributed by atoms with van der Waals surface area (Å²) in [7, 11) is -4.05. The molecule has 0 spiro atoms. The molecule has 0 radical (unpaired) electrons. The van der Waals surface area contributed by atoms with Crippen LogP contribution in [0.15, 0.2) is 30.3 Å². The van der Waals surface area contributed by atoms with Crippen molar-refractivity contribution in [2.24, 2.45) is 0 Å². The first-order chi connectivity index (χ1) is 6.49. The average molecular weight is 238 g/mol. The van der Waals surface area contributed by atoms with Crippen molar-refractivity contribution in [1.82, 2.24) is 0 Å². The van der Waals surface area contributed by atoms with E-state index in [-0.39, 0.29) is 41.8 Å².